The average Bonchev–Trinajstić information content (AvgIpc) is 2.00. The highest BCUT2D eigenvalue weighted by Crippen LogP contribution is 1.93. The predicted molar refractivity (Wildman–Crippen MR) is 47.9 cm³/mol. The smallest absolute Gasteiger partial charge is 0.171 e. The maximum atomic E-state index is 10.2. The van der Waals surface area contributed by atoms with Crippen molar-refractivity contribution in [2.75, 3.05) is 27.2 Å². The molecule has 0 amide bonds. The zero-order valence-electron chi connectivity index (χ0n) is 7.85. The number of carbonyl (C=O) groups excluding carboxylic acids is 2. The van der Waals surface area contributed by atoms with Crippen LogP contribution in [-0.2, 0) is 9.59 Å². The van der Waals surface area contributed by atoms with Crippen molar-refractivity contribution in [3.05, 3.63) is 0 Å². The van der Waals surface area contributed by atoms with Gasteiger partial charge in [-0.1, -0.05) is 0 Å². The lowest BCUT2D eigenvalue weighted by Gasteiger charge is -2.28. The minimum absolute atomic E-state index is 0.110. The molecule has 7 heteroatoms. The first kappa shape index (κ1) is 12.6. The summed E-state index contributed by atoms with van der Waals surface area (Å²) < 4.78 is 0. The van der Waals surface area contributed by atoms with E-state index in [2.05, 4.69) is 0 Å². The summed E-state index contributed by atoms with van der Waals surface area (Å²) in [5.74, 6) is -2.56. The molecule has 6 nitrogen and oxygen atoms in total. The number of carboxylic acid groups (broad SMARTS) is 2. The van der Waals surface area contributed by atoms with Crippen LogP contribution >= 0.6 is 12.2 Å². The van der Waals surface area contributed by atoms with Crippen LogP contribution in [0.2, 0.25) is 0 Å². The highest BCUT2D eigenvalue weighted by atomic mass is 32.1. The average molecular weight is 218 g/mol. The van der Waals surface area contributed by atoms with Crippen molar-refractivity contribution in [3.63, 3.8) is 0 Å². The highest BCUT2D eigenvalue weighted by Gasteiger charge is 2.09. The second-order valence-electron chi connectivity index (χ2n) is 2.74. The molecule has 0 rings (SSSR count). The van der Waals surface area contributed by atoms with Crippen LogP contribution < -0.4 is 10.2 Å². The Hall–Kier alpha value is -1.37. The first-order valence-electron chi connectivity index (χ1n) is 3.70. The minimum atomic E-state index is -1.28. The molecule has 0 unspecified atom stereocenters. The summed E-state index contributed by atoms with van der Waals surface area (Å²) in [7, 11) is 2.87. The molecule has 0 aliphatic rings. The maximum Gasteiger partial charge on any atom is 0.171 e. The van der Waals surface area contributed by atoms with E-state index >= 15 is 0 Å². The van der Waals surface area contributed by atoms with Gasteiger partial charge in [0.25, 0.3) is 0 Å². The molecule has 0 atom stereocenters. The molecule has 0 aliphatic carbocycles. The lowest BCUT2D eigenvalue weighted by atomic mass is 10.5. The van der Waals surface area contributed by atoms with Gasteiger partial charge in [0.1, 0.15) is 0 Å². The van der Waals surface area contributed by atoms with Crippen molar-refractivity contribution < 1.29 is 19.8 Å². The molecule has 0 radical (unpaired) electrons. The van der Waals surface area contributed by atoms with Gasteiger partial charge in [-0.25, -0.2) is 0 Å². The van der Waals surface area contributed by atoms with Crippen molar-refractivity contribution in [1.82, 2.24) is 9.80 Å². The Morgan fingerprint density at radius 3 is 1.57 bits per heavy atom. The van der Waals surface area contributed by atoms with Crippen LogP contribution in [0.4, 0.5) is 0 Å². The van der Waals surface area contributed by atoms with Crippen molar-refractivity contribution in [2.24, 2.45) is 0 Å². The van der Waals surface area contributed by atoms with Gasteiger partial charge in [0.15, 0.2) is 5.11 Å². The van der Waals surface area contributed by atoms with Crippen molar-refractivity contribution >= 4 is 29.3 Å². The van der Waals surface area contributed by atoms with Gasteiger partial charge in [0, 0.05) is 14.1 Å². The second kappa shape index (κ2) is 5.38. The van der Waals surface area contributed by atoms with E-state index in [1.54, 1.807) is 0 Å². The second-order valence-corrected chi connectivity index (χ2v) is 3.10. The molecule has 0 heterocycles. The van der Waals surface area contributed by atoms with Gasteiger partial charge in [-0.05, 0) is 12.2 Å². The SMILES string of the molecule is CN(CC(=O)[O-])C(=S)N(C)CC(=O)[O-]. The number of rotatable bonds is 4. The van der Waals surface area contributed by atoms with Gasteiger partial charge in [0.05, 0.1) is 25.0 Å². The summed E-state index contributed by atoms with van der Waals surface area (Å²) in [6.07, 6.45) is 0. The topological polar surface area (TPSA) is 86.7 Å². The van der Waals surface area contributed by atoms with Gasteiger partial charge in [0.2, 0.25) is 0 Å². The van der Waals surface area contributed by atoms with E-state index in [1.807, 2.05) is 0 Å². The summed E-state index contributed by atoms with van der Waals surface area (Å²) >= 11 is 4.81. The number of aliphatic carboxylic acids is 2. The van der Waals surface area contributed by atoms with E-state index in [1.165, 1.54) is 23.9 Å². The van der Waals surface area contributed by atoms with E-state index in [4.69, 9.17) is 12.2 Å². The number of hydrogen-bond acceptors (Lipinski definition) is 5. The van der Waals surface area contributed by atoms with Gasteiger partial charge >= 0.3 is 0 Å². The summed E-state index contributed by atoms with van der Waals surface area (Å²) in [6, 6.07) is 0. The monoisotopic (exact) mass is 218 g/mol. The molecule has 0 aromatic heterocycles. The predicted octanol–water partition coefficient (Wildman–Crippen LogP) is -3.37. The zero-order chi connectivity index (χ0) is 11.3. The molecule has 0 N–H and O–H groups in total. The lowest BCUT2D eigenvalue weighted by Crippen LogP contribution is -2.47. The third kappa shape index (κ3) is 4.61. The van der Waals surface area contributed by atoms with Gasteiger partial charge in [-0.2, -0.15) is 0 Å². The van der Waals surface area contributed by atoms with Crippen LogP contribution in [0.5, 0.6) is 0 Å². The Balaban J connectivity index is 4.16. The van der Waals surface area contributed by atoms with Gasteiger partial charge in [-0.3, -0.25) is 0 Å². The number of nitrogens with zero attached hydrogens (tertiary/aromatic N) is 2. The molecule has 0 fully saturated rings. The Labute approximate surface area is 86.7 Å². The van der Waals surface area contributed by atoms with E-state index in [0.717, 1.165) is 0 Å². The minimum Gasteiger partial charge on any atom is -0.548 e. The Morgan fingerprint density at radius 1 is 1.07 bits per heavy atom. The van der Waals surface area contributed by atoms with E-state index in [9.17, 15) is 19.8 Å². The van der Waals surface area contributed by atoms with Gasteiger partial charge < -0.3 is 29.6 Å². The summed E-state index contributed by atoms with van der Waals surface area (Å²) in [6.45, 7) is -0.757. The fraction of sp³-hybridized carbons (Fsp3) is 0.571. The summed E-state index contributed by atoms with van der Waals surface area (Å²) in [4.78, 5) is 22.8. The molecule has 80 valence electrons. The molecule has 0 saturated carbocycles. The number of carbonyl (C=O) groups is 2. The number of thiocarbonyl (C=S) groups is 1. The molecule has 14 heavy (non-hydrogen) atoms. The maximum absolute atomic E-state index is 10.2. The van der Waals surface area contributed by atoms with Crippen LogP contribution in [0.3, 0.4) is 0 Å². The molecular weight excluding hydrogens is 208 g/mol. The Bertz CT molecular complexity index is 232. The van der Waals surface area contributed by atoms with Gasteiger partial charge in [-0.15, -0.1) is 0 Å². The van der Waals surface area contributed by atoms with Crippen LogP contribution in [-0.4, -0.2) is 54.0 Å². The van der Waals surface area contributed by atoms with Crippen LogP contribution in [0.1, 0.15) is 0 Å². The molecule has 0 saturated heterocycles. The number of carboxylic acids is 2. The van der Waals surface area contributed by atoms with Crippen LogP contribution in [0, 0.1) is 0 Å². The molecule has 0 aromatic carbocycles. The third-order valence-corrected chi connectivity index (χ3v) is 2.01. The zero-order valence-corrected chi connectivity index (χ0v) is 8.67. The summed E-state index contributed by atoms with van der Waals surface area (Å²) in [5.41, 5.74) is 0. The van der Waals surface area contributed by atoms with Crippen molar-refractivity contribution in [3.8, 4) is 0 Å². The Morgan fingerprint density at radius 2 is 1.36 bits per heavy atom. The quantitative estimate of drug-likeness (QED) is 0.455. The first-order valence-corrected chi connectivity index (χ1v) is 4.11. The fourth-order valence-corrected chi connectivity index (χ4v) is 0.943. The van der Waals surface area contributed by atoms with E-state index < -0.39 is 11.9 Å². The first-order chi connectivity index (χ1) is 6.34. The third-order valence-electron chi connectivity index (χ3n) is 1.39. The standard InChI is InChI=1S/C7H12N2O4S/c1-8(3-5(10)11)7(14)9(2)4-6(12)13/h3-4H2,1-2H3,(H,10,11)(H,12,13)/p-2. The normalized spacial score (nSPS) is 9.29. The number of hydrogen-bond donors (Lipinski definition) is 0. The van der Waals surface area contributed by atoms with Crippen LogP contribution in [0.25, 0.3) is 0 Å². The highest BCUT2D eigenvalue weighted by molar-refractivity contribution is 7.80. The van der Waals surface area contributed by atoms with Crippen LogP contribution in [0.15, 0.2) is 0 Å². The Kier molecular flexibility index (Phi) is 4.85. The van der Waals surface area contributed by atoms with E-state index in [0.29, 0.717) is 0 Å². The lowest BCUT2D eigenvalue weighted by molar-refractivity contribution is -0.306. The molecule has 0 bridgehead atoms. The number of likely N-dealkylation sites (N-methyl/N-ethyl adjacent to an activating group) is 2. The largest absolute Gasteiger partial charge is 0.548 e. The summed E-state index contributed by atoms with van der Waals surface area (Å²) in [5, 5.41) is 20.5. The fourth-order valence-electron chi connectivity index (χ4n) is 0.814. The molecule has 0 aliphatic heterocycles. The van der Waals surface area contributed by atoms with Crippen molar-refractivity contribution in [1.29, 1.82) is 0 Å². The molecular formula is C7H10N2O4S-2. The molecule has 0 aromatic rings. The van der Waals surface area contributed by atoms with Crippen molar-refractivity contribution in [2.45, 2.75) is 0 Å². The van der Waals surface area contributed by atoms with E-state index in [-0.39, 0.29) is 18.2 Å². The molecule has 0 spiro atoms.